The van der Waals surface area contributed by atoms with Crippen molar-refractivity contribution in [3.8, 4) is 0 Å². The first-order valence-corrected chi connectivity index (χ1v) is 4.75. The first-order chi connectivity index (χ1) is 7.54. The summed E-state index contributed by atoms with van der Waals surface area (Å²) in [6, 6.07) is 4.95. The molecule has 0 heterocycles. The van der Waals surface area contributed by atoms with Crippen LogP contribution in [0.3, 0.4) is 0 Å². The minimum atomic E-state index is -2.48. The second kappa shape index (κ2) is 5.55. The van der Waals surface area contributed by atoms with Gasteiger partial charge < -0.3 is 10.5 Å². The third kappa shape index (κ3) is 3.27. The number of carbonyl (C=O) groups is 1. The van der Waals surface area contributed by atoms with Crippen molar-refractivity contribution in [3.05, 3.63) is 35.4 Å². The Hall–Kier alpha value is -1.49. The zero-order valence-corrected chi connectivity index (χ0v) is 8.82. The molecule has 88 valence electrons. The molecule has 3 nitrogen and oxygen atoms in total. The highest BCUT2D eigenvalue weighted by atomic mass is 19.3. The Labute approximate surface area is 92.2 Å². The predicted octanol–water partition coefficient (Wildman–Crippen LogP) is 1.67. The Morgan fingerprint density at radius 1 is 1.38 bits per heavy atom. The molecule has 0 radical (unpaired) electrons. The Kier molecular flexibility index (Phi) is 4.37. The molecule has 16 heavy (non-hydrogen) atoms. The molecule has 0 spiro atoms. The van der Waals surface area contributed by atoms with Crippen molar-refractivity contribution in [2.45, 2.75) is 18.9 Å². The van der Waals surface area contributed by atoms with Crippen LogP contribution >= 0.6 is 0 Å². The number of benzene rings is 1. The van der Waals surface area contributed by atoms with Crippen molar-refractivity contribution < 1.29 is 18.3 Å². The summed E-state index contributed by atoms with van der Waals surface area (Å²) >= 11 is 0. The van der Waals surface area contributed by atoms with Crippen LogP contribution in [-0.4, -0.2) is 19.1 Å². The number of methoxy groups -OCH3 is 1. The maximum atomic E-state index is 12.2. The van der Waals surface area contributed by atoms with Crippen molar-refractivity contribution in [1.82, 2.24) is 0 Å². The number of carbonyl (C=O) groups excluding carboxylic acids is 1. The highest BCUT2D eigenvalue weighted by molar-refractivity contribution is 5.75. The summed E-state index contributed by atoms with van der Waals surface area (Å²) in [7, 11) is 1.25. The van der Waals surface area contributed by atoms with Crippen molar-refractivity contribution in [2.24, 2.45) is 5.73 Å². The molecular formula is C11H13F2NO2. The summed E-state index contributed by atoms with van der Waals surface area (Å²) in [6.45, 7) is 0. The van der Waals surface area contributed by atoms with Crippen molar-refractivity contribution >= 4 is 5.97 Å². The molecule has 1 unspecified atom stereocenters. The van der Waals surface area contributed by atoms with E-state index < -0.39 is 18.4 Å². The third-order valence-corrected chi connectivity index (χ3v) is 2.19. The summed E-state index contributed by atoms with van der Waals surface area (Å²) in [6.07, 6.45) is -2.21. The van der Waals surface area contributed by atoms with E-state index in [1.165, 1.54) is 31.4 Å². The summed E-state index contributed by atoms with van der Waals surface area (Å²) in [4.78, 5) is 11.0. The molecule has 0 aliphatic rings. The van der Waals surface area contributed by atoms with E-state index in [9.17, 15) is 13.6 Å². The number of alkyl halides is 2. The van der Waals surface area contributed by atoms with Gasteiger partial charge in [0.2, 0.25) is 0 Å². The maximum Gasteiger partial charge on any atom is 0.322 e. The van der Waals surface area contributed by atoms with Crippen LogP contribution in [0.25, 0.3) is 0 Å². The molecule has 1 rings (SSSR count). The molecule has 5 heteroatoms. The number of hydrogen-bond donors (Lipinski definition) is 1. The lowest BCUT2D eigenvalue weighted by molar-refractivity contribution is -0.142. The molecular weight excluding hydrogens is 216 g/mol. The predicted molar refractivity (Wildman–Crippen MR) is 55.1 cm³/mol. The smallest absolute Gasteiger partial charge is 0.322 e. The second-order valence-electron chi connectivity index (χ2n) is 3.38. The van der Waals surface area contributed by atoms with Gasteiger partial charge in [-0.15, -0.1) is 0 Å². The van der Waals surface area contributed by atoms with Gasteiger partial charge in [-0.05, 0) is 12.0 Å². The number of halogens is 2. The standard InChI is InChI=1S/C11H13F2NO2/c1-16-11(15)9(14)6-7-2-4-8(5-3-7)10(12)13/h2-5,9-10H,6,14H2,1H3. The van der Waals surface area contributed by atoms with Gasteiger partial charge in [0.05, 0.1) is 7.11 Å². The lowest BCUT2D eigenvalue weighted by atomic mass is 10.0. The van der Waals surface area contributed by atoms with Gasteiger partial charge in [-0.25, -0.2) is 8.78 Å². The van der Waals surface area contributed by atoms with Crippen LogP contribution < -0.4 is 5.73 Å². The molecule has 0 aliphatic carbocycles. The van der Waals surface area contributed by atoms with Crippen LogP contribution in [0.2, 0.25) is 0 Å². The van der Waals surface area contributed by atoms with Gasteiger partial charge in [-0.1, -0.05) is 24.3 Å². The Balaban J connectivity index is 2.65. The van der Waals surface area contributed by atoms with Crippen molar-refractivity contribution in [3.63, 3.8) is 0 Å². The third-order valence-electron chi connectivity index (χ3n) is 2.19. The van der Waals surface area contributed by atoms with Crippen LogP contribution in [0.4, 0.5) is 8.78 Å². The van der Waals surface area contributed by atoms with E-state index >= 15 is 0 Å². The van der Waals surface area contributed by atoms with E-state index in [1.807, 2.05) is 0 Å². The second-order valence-corrected chi connectivity index (χ2v) is 3.38. The van der Waals surface area contributed by atoms with Gasteiger partial charge in [0.1, 0.15) is 6.04 Å². The van der Waals surface area contributed by atoms with Gasteiger partial charge in [-0.2, -0.15) is 0 Å². The van der Waals surface area contributed by atoms with Crippen LogP contribution in [0.5, 0.6) is 0 Å². The minimum Gasteiger partial charge on any atom is -0.468 e. The summed E-state index contributed by atoms with van der Waals surface area (Å²) in [5, 5.41) is 0. The molecule has 0 bridgehead atoms. The maximum absolute atomic E-state index is 12.2. The highest BCUT2D eigenvalue weighted by Gasteiger charge is 2.14. The monoisotopic (exact) mass is 229 g/mol. The van der Waals surface area contributed by atoms with Crippen molar-refractivity contribution in [2.75, 3.05) is 7.11 Å². The molecule has 0 saturated heterocycles. The fourth-order valence-electron chi connectivity index (χ4n) is 1.29. The Morgan fingerprint density at radius 2 is 1.94 bits per heavy atom. The topological polar surface area (TPSA) is 52.3 Å². The number of hydrogen-bond acceptors (Lipinski definition) is 3. The molecule has 1 atom stereocenters. The zero-order chi connectivity index (χ0) is 12.1. The normalized spacial score (nSPS) is 12.6. The van der Waals surface area contributed by atoms with Crippen LogP contribution in [0.1, 0.15) is 17.6 Å². The average Bonchev–Trinajstić information content (AvgIpc) is 2.28. The van der Waals surface area contributed by atoms with Gasteiger partial charge >= 0.3 is 5.97 Å². The summed E-state index contributed by atoms with van der Waals surface area (Å²) in [5.41, 5.74) is 6.21. The van der Waals surface area contributed by atoms with E-state index in [4.69, 9.17) is 5.73 Å². The summed E-state index contributed by atoms with van der Waals surface area (Å²) in [5.74, 6) is -0.516. The first kappa shape index (κ1) is 12.6. The van der Waals surface area contributed by atoms with E-state index in [1.54, 1.807) is 0 Å². The van der Waals surface area contributed by atoms with E-state index in [-0.39, 0.29) is 12.0 Å². The molecule has 0 amide bonds. The minimum absolute atomic E-state index is 0.0459. The SMILES string of the molecule is COC(=O)C(N)Cc1ccc(C(F)F)cc1. The quantitative estimate of drug-likeness (QED) is 0.799. The van der Waals surface area contributed by atoms with Crippen molar-refractivity contribution in [1.29, 1.82) is 0 Å². The Morgan fingerprint density at radius 3 is 2.38 bits per heavy atom. The number of rotatable bonds is 4. The first-order valence-electron chi connectivity index (χ1n) is 4.75. The fourth-order valence-corrected chi connectivity index (χ4v) is 1.29. The molecule has 0 saturated carbocycles. The Bertz CT molecular complexity index is 352. The lowest BCUT2D eigenvalue weighted by Gasteiger charge is -2.09. The molecule has 0 aliphatic heterocycles. The largest absolute Gasteiger partial charge is 0.468 e. The zero-order valence-electron chi connectivity index (χ0n) is 8.82. The van der Waals surface area contributed by atoms with E-state index in [2.05, 4.69) is 4.74 Å². The highest BCUT2D eigenvalue weighted by Crippen LogP contribution is 2.19. The number of ether oxygens (including phenoxy) is 1. The molecule has 0 aromatic heterocycles. The van der Waals surface area contributed by atoms with Crippen LogP contribution in [0, 0.1) is 0 Å². The summed E-state index contributed by atoms with van der Waals surface area (Å²) < 4.78 is 29.0. The van der Waals surface area contributed by atoms with E-state index in [0.717, 1.165) is 5.56 Å². The molecule has 1 aromatic rings. The van der Waals surface area contributed by atoms with Crippen LogP contribution in [-0.2, 0) is 16.0 Å². The number of nitrogens with two attached hydrogens (primary N) is 1. The molecule has 0 fully saturated rings. The average molecular weight is 229 g/mol. The van der Waals surface area contributed by atoms with Gasteiger partial charge in [0.25, 0.3) is 6.43 Å². The van der Waals surface area contributed by atoms with Gasteiger partial charge in [0, 0.05) is 5.56 Å². The van der Waals surface area contributed by atoms with Crippen LogP contribution in [0.15, 0.2) is 24.3 Å². The molecule has 1 aromatic carbocycles. The van der Waals surface area contributed by atoms with Gasteiger partial charge in [0.15, 0.2) is 0 Å². The lowest BCUT2D eigenvalue weighted by Crippen LogP contribution is -2.33. The van der Waals surface area contributed by atoms with Gasteiger partial charge in [-0.3, -0.25) is 4.79 Å². The molecule has 2 N–H and O–H groups in total. The number of esters is 1. The fraction of sp³-hybridized carbons (Fsp3) is 0.364. The van der Waals surface area contributed by atoms with E-state index in [0.29, 0.717) is 0 Å².